The monoisotopic (exact) mass is 719 g/mol. The second-order valence-electron chi connectivity index (χ2n) is 14.0. The maximum atomic E-state index is 14.0. The van der Waals surface area contributed by atoms with Crippen LogP contribution < -0.4 is 5.32 Å². The number of methoxy groups -OCH3 is 1. The highest BCUT2D eigenvalue weighted by Gasteiger charge is 2.41. The van der Waals surface area contributed by atoms with Crippen LogP contribution in [0.2, 0.25) is 0 Å². The number of aromatic amines is 2. The lowest BCUT2D eigenvalue weighted by Gasteiger charge is -2.28. The maximum Gasteiger partial charge on any atom is 0.407 e. The van der Waals surface area contributed by atoms with Crippen molar-refractivity contribution >= 4 is 22.8 Å². The van der Waals surface area contributed by atoms with Gasteiger partial charge in [0, 0.05) is 18.0 Å². The van der Waals surface area contributed by atoms with Crippen LogP contribution in [-0.4, -0.2) is 50.5 Å². The average Bonchev–Trinajstić information content (AvgIpc) is 4.01. The Morgan fingerprint density at radius 2 is 1.56 bits per heavy atom. The number of nitrogens with one attached hydrogen (secondary N) is 3. The molecule has 4 atom stereocenters. The molecule has 6 aromatic rings. The van der Waals surface area contributed by atoms with Crippen LogP contribution in [-0.2, 0) is 9.53 Å². The molecule has 2 aromatic heterocycles. The van der Waals surface area contributed by atoms with Crippen LogP contribution in [0, 0.1) is 17.2 Å². The summed E-state index contributed by atoms with van der Waals surface area (Å²) in [6.45, 7) is 4.69. The van der Waals surface area contributed by atoms with Gasteiger partial charge in [0.15, 0.2) is 0 Å². The van der Waals surface area contributed by atoms with E-state index in [-0.39, 0.29) is 18.4 Å². The van der Waals surface area contributed by atoms with E-state index < -0.39 is 18.2 Å². The molecule has 0 bridgehead atoms. The molecule has 10 nitrogen and oxygen atoms in total. The number of amides is 2. The summed E-state index contributed by atoms with van der Waals surface area (Å²) in [7, 11) is 1.26. The van der Waals surface area contributed by atoms with Crippen LogP contribution in [0.25, 0.3) is 44.4 Å². The zero-order valence-electron chi connectivity index (χ0n) is 30.9. The molecular weight excluding hydrogens is 675 g/mol. The third-order valence-electron chi connectivity index (χ3n) is 10.6. The second-order valence-corrected chi connectivity index (χ2v) is 14.0. The molecule has 54 heavy (non-hydrogen) atoms. The van der Waals surface area contributed by atoms with Crippen LogP contribution in [0.1, 0.15) is 81.2 Å². The molecule has 10 heteroatoms. The van der Waals surface area contributed by atoms with Gasteiger partial charge in [-0.1, -0.05) is 106 Å². The Kier molecular flexibility index (Phi) is 10.9. The number of carbonyl (C=O) groups excluding carboxylic acids is 2. The van der Waals surface area contributed by atoms with Crippen molar-refractivity contribution in [3.05, 3.63) is 121 Å². The van der Waals surface area contributed by atoms with Gasteiger partial charge in [-0.2, -0.15) is 5.26 Å². The molecule has 274 valence electrons. The molecule has 7 rings (SSSR count). The highest BCUT2D eigenvalue weighted by molar-refractivity contribution is 5.91. The molecular formula is C44H45N7O3. The van der Waals surface area contributed by atoms with Crippen molar-refractivity contribution in [2.24, 2.45) is 5.92 Å². The number of hydrogen-bond acceptors (Lipinski definition) is 6. The van der Waals surface area contributed by atoms with Crippen LogP contribution in [0.4, 0.5) is 4.79 Å². The van der Waals surface area contributed by atoms with Crippen LogP contribution in [0.3, 0.4) is 0 Å². The van der Waals surface area contributed by atoms with Crippen molar-refractivity contribution in [2.75, 3.05) is 13.7 Å². The molecule has 3 N–H and O–H groups in total. The third-order valence-corrected chi connectivity index (χ3v) is 10.6. The molecule has 2 amide bonds. The Bertz CT molecular complexity index is 2270. The van der Waals surface area contributed by atoms with Crippen molar-refractivity contribution in [1.82, 2.24) is 30.2 Å². The van der Waals surface area contributed by atoms with Crippen molar-refractivity contribution in [2.45, 2.75) is 64.0 Å². The van der Waals surface area contributed by atoms with Gasteiger partial charge in [0.2, 0.25) is 0 Å². The van der Waals surface area contributed by atoms with Gasteiger partial charge in [-0.3, -0.25) is 4.79 Å². The minimum atomic E-state index is -0.977. The number of nitrogens with zero attached hydrogens (tertiary/aromatic N) is 4. The van der Waals surface area contributed by atoms with E-state index in [1.807, 2.05) is 24.4 Å². The standard InChI is InChI=1S/C44H45N7O3/c1-4-6-10-29(5-2)41-46-25-37(48-41)31-15-13-30(14-16-31)33-17-18-35-23-36(20-19-34(35)22-33)38-26-47-42(49-38)39-21-28(24-45)27-51(39)43(52)40(50-44(53)54-3)32-11-8-7-9-12-32/h7-9,11-20,22-23,25-26,28-29,39-40H,4-6,10,21,27H2,1-3H3,(H,46,48)(H,47,49)(H,50,53)/t28-,29+,39+,40-/m1/s1. The summed E-state index contributed by atoms with van der Waals surface area (Å²) in [4.78, 5) is 44.4. The number of likely N-dealkylation sites (tertiary alicyclic amines) is 1. The first kappa shape index (κ1) is 36.2. The zero-order valence-corrected chi connectivity index (χ0v) is 30.9. The Labute approximate surface area is 315 Å². The smallest absolute Gasteiger partial charge is 0.407 e. The Morgan fingerprint density at radius 3 is 2.26 bits per heavy atom. The fraction of sp³-hybridized carbons (Fsp3) is 0.295. The Morgan fingerprint density at radius 1 is 0.889 bits per heavy atom. The lowest BCUT2D eigenvalue weighted by atomic mass is 9.98. The van der Waals surface area contributed by atoms with Gasteiger partial charge in [-0.15, -0.1) is 0 Å². The number of hydrogen-bond donors (Lipinski definition) is 3. The highest BCUT2D eigenvalue weighted by Crippen LogP contribution is 2.37. The average molecular weight is 720 g/mol. The first-order valence-electron chi connectivity index (χ1n) is 18.7. The minimum absolute atomic E-state index is 0.228. The molecule has 0 radical (unpaired) electrons. The summed E-state index contributed by atoms with van der Waals surface area (Å²) >= 11 is 0. The predicted molar refractivity (Wildman–Crippen MR) is 210 cm³/mol. The van der Waals surface area contributed by atoms with E-state index in [1.165, 1.54) is 20.0 Å². The number of fused-ring (bicyclic) bond motifs is 1. The van der Waals surface area contributed by atoms with E-state index in [9.17, 15) is 14.9 Å². The van der Waals surface area contributed by atoms with E-state index in [0.29, 0.717) is 23.7 Å². The molecule has 0 unspecified atom stereocenters. The molecule has 4 aromatic carbocycles. The van der Waals surface area contributed by atoms with E-state index in [2.05, 4.69) is 95.9 Å². The highest BCUT2D eigenvalue weighted by atomic mass is 16.5. The van der Waals surface area contributed by atoms with E-state index >= 15 is 0 Å². The summed E-state index contributed by atoms with van der Waals surface area (Å²) < 4.78 is 4.82. The minimum Gasteiger partial charge on any atom is -0.453 e. The molecule has 0 spiro atoms. The quantitative estimate of drug-likeness (QED) is 0.115. The van der Waals surface area contributed by atoms with E-state index in [1.54, 1.807) is 23.2 Å². The summed E-state index contributed by atoms with van der Waals surface area (Å²) in [6, 6.07) is 31.3. The number of benzene rings is 4. The maximum absolute atomic E-state index is 14.0. The van der Waals surface area contributed by atoms with Crippen molar-refractivity contribution < 1.29 is 14.3 Å². The van der Waals surface area contributed by atoms with Gasteiger partial charge >= 0.3 is 6.09 Å². The zero-order chi connectivity index (χ0) is 37.6. The number of nitriles is 1. The van der Waals surface area contributed by atoms with Crippen LogP contribution in [0.5, 0.6) is 0 Å². The first-order chi connectivity index (χ1) is 26.4. The third kappa shape index (κ3) is 7.62. The van der Waals surface area contributed by atoms with Crippen LogP contribution >= 0.6 is 0 Å². The molecule has 1 aliphatic heterocycles. The van der Waals surface area contributed by atoms with Gasteiger partial charge in [0.1, 0.15) is 17.7 Å². The fourth-order valence-electron chi connectivity index (χ4n) is 7.47. The topological polar surface area (TPSA) is 140 Å². The SMILES string of the molecule is CCCC[C@H](CC)c1ncc(-c2ccc(-c3ccc4cc(-c5cnc([C@@H]6C[C@H](C#N)CN6C(=O)[C@H](NC(=O)OC)c6ccccc6)[nH]5)ccc4c3)cc2)[nH]1. The number of unbranched alkanes of at least 4 members (excludes halogenated alkanes) is 1. The Hall–Kier alpha value is -6.21. The molecule has 3 heterocycles. The van der Waals surface area contributed by atoms with Crippen molar-refractivity contribution in [3.63, 3.8) is 0 Å². The number of rotatable bonds is 12. The lowest BCUT2D eigenvalue weighted by molar-refractivity contribution is -0.134. The summed E-state index contributed by atoms with van der Waals surface area (Å²) in [5.74, 6) is 1.43. The van der Waals surface area contributed by atoms with Gasteiger partial charge in [0.25, 0.3) is 5.91 Å². The van der Waals surface area contributed by atoms with Gasteiger partial charge in [-0.05, 0) is 64.4 Å². The summed E-state index contributed by atoms with van der Waals surface area (Å²) in [5, 5.41) is 14.7. The molecule has 0 saturated carbocycles. The number of aromatic nitrogens is 4. The normalized spacial score (nSPS) is 16.5. The number of carbonyl (C=O) groups is 2. The van der Waals surface area contributed by atoms with Crippen molar-refractivity contribution in [3.8, 4) is 39.7 Å². The molecule has 1 aliphatic rings. The predicted octanol–water partition coefficient (Wildman–Crippen LogP) is 9.48. The van der Waals surface area contributed by atoms with Gasteiger partial charge in [-0.25, -0.2) is 14.8 Å². The number of H-pyrrole nitrogens is 2. The van der Waals surface area contributed by atoms with Crippen LogP contribution in [0.15, 0.2) is 103 Å². The number of ether oxygens (including phenoxy) is 1. The largest absolute Gasteiger partial charge is 0.453 e. The van der Waals surface area contributed by atoms with Crippen molar-refractivity contribution in [1.29, 1.82) is 5.26 Å². The second kappa shape index (κ2) is 16.2. The van der Waals surface area contributed by atoms with E-state index in [4.69, 9.17) is 14.7 Å². The summed E-state index contributed by atoms with van der Waals surface area (Å²) in [6.07, 6.45) is 8.08. The number of alkyl carbamates (subject to hydrolysis) is 1. The number of imidazole rings is 2. The van der Waals surface area contributed by atoms with Gasteiger partial charge < -0.3 is 24.9 Å². The molecule has 1 fully saturated rings. The van der Waals surface area contributed by atoms with E-state index in [0.717, 1.165) is 63.1 Å². The molecule has 0 aliphatic carbocycles. The van der Waals surface area contributed by atoms with Gasteiger partial charge in [0.05, 0.1) is 48.9 Å². The lowest BCUT2D eigenvalue weighted by Crippen LogP contribution is -2.43. The molecule has 1 saturated heterocycles. The first-order valence-corrected chi connectivity index (χ1v) is 18.7. The fourth-order valence-corrected chi connectivity index (χ4v) is 7.47. The summed E-state index contributed by atoms with van der Waals surface area (Å²) in [5.41, 5.74) is 6.82. The Balaban J connectivity index is 1.08.